The lowest BCUT2D eigenvalue weighted by atomic mass is 10.1. The van der Waals surface area contributed by atoms with E-state index in [1.807, 2.05) is 13.8 Å². The number of hydrogen-bond acceptors (Lipinski definition) is 4. The summed E-state index contributed by atoms with van der Waals surface area (Å²) in [5.74, 6) is -0.482. The number of halogens is 1. The summed E-state index contributed by atoms with van der Waals surface area (Å²) >= 11 is 0. The molecule has 27 heavy (non-hydrogen) atoms. The van der Waals surface area contributed by atoms with Crippen molar-refractivity contribution in [2.45, 2.75) is 27.4 Å². The number of nitrogens with one attached hydrogen (secondary N) is 1. The van der Waals surface area contributed by atoms with Gasteiger partial charge in [0.25, 0.3) is 5.56 Å². The molecule has 0 amide bonds. The molecule has 0 aliphatic rings. The minimum atomic E-state index is -0.482. The van der Waals surface area contributed by atoms with E-state index in [9.17, 15) is 19.1 Å². The lowest BCUT2D eigenvalue weighted by Gasteiger charge is -2.16. The zero-order valence-electron chi connectivity index (χ0n) is 16.1. The summed E-state index contributed by atoms with van der Waals surface area (Å²) in [6.45, 7) is 5.34. The number of nitrogens with zero attached hydrogens (tertiary/aromatic N) is 2. The predicted octanol–water partition coefficient (Wildman–Crippen LogP) is 2.95. The molecule has 3 aromatic rings. The van der Waals surface area contributed by atoms with E-state index in [1.54, 1.807) is 37.7 Å². The van der Waals surface area contributed by atoms with Gasteiger partial charge >= 0.3 is 0 Å². The van der Waals surface area contributed by atoms with E-state index in [4.69, 9.17) is 0 Å². The third-order valence-electron chi connectivity index (χ3n) is 4.18. The fourth-order valence-corrected chi connectivity index (χ4v) is 2.91. The normalized spacial score (nSPS) is 10.5. The van der Waals surface area contributed by atoms with E-state index in [0.29, 0.717) is 5.65 Å². The van der Waals surface area contributed by atoms with Crippen LogP contribution in [0, 0.1) is 12.7 Å². The van der Waals surface area contributed by atoms with Crippen LogP contribution in [0.2, 0.25) is 0 Å². The maximum absolute atomic E-state index is 14.2. The molecule has 7 heteroatoms. The highest BCUT2D eigenvalue weighted by molar-refractivity contribution is 5.91. The average Bonchev–Trinajstić information content (AvgIpc) is 2.64. The number of aliphatic hydroxyl groups is 1. The highest BCUT2D eigenvalue weighted by Crippen LogP contribution is 2.25. The van der Waals surface area contributed by atoms with Crippen molar-refractivity contribution in [3.05, 3.63) is 68.0 Å². The average molecular weight is 373 g/mol. The second-order valence-electron chi connectivity index (χ2n) is 6.01. The quantitative estimate of drug-likeness (QED) is 0.740. The number of rotatable bonds is 3. The van der Waals surface area contributed by atoms with Crippen molar-refractivity contribution < 1.29 is 9.50 Å². The molecule has 144 valence electrons. The molecule has 0 fully saturated rings. The Morgan fingerprint density at radius 2 is 1.78 bits per heavy atom. The summed E-state index contributed by atoms with van der Waals surface area (Å²) < 4.78 is 17.1. The molecule has 3 rings (SSSR count). The summed E-state index contributed by atoms with van der Waals surface area (Å²) in [6, 6.07) is 5.90. The first kappa shape index (κ1) is 20.4. The molecule has 0 saturated carbocycles. The van der Waals surface area contributed by atoms with Crippen molar-refractivity contribution in [3.63, 3.8) is 0 Å². The molecule has 6 nitrogen and oxygen atoms in total. The third-order valence-corrected chi connectivity index (χ3v) is 4.18. The van der Waals surface area contributed by atoms with Gasteiger partial charge in [0, 0.05) is 31.9 Å². The second kappa shape index (κ2) is 8.18. The topological polar surface area (TPSA) is 76.3 Å². The first-order valence-electron chi connectivity index (χ1n) is 8.69. The van der Waals surface area contributed by atoms with Crippen LogP contribution in [-0.2, 0) is 20.7 Å². The third kappa shape index (κ3) is 3.78. The van der Waals surface area contributed by atoms with Gasteiger partial charge in [0.05, 0.1) is 23.4 Å². The van der Waals surface area contributed by atoms with E-state index in [2.05, 4.69) is 5.32 Å². The number of pyridine rings is 2. The Kier molecular flexibility index (Phi) is 6.17. The van der Waals surface area contributed by atoms with Gasteiger partial charge in [-0.15, -0.1) is 0 Å². The van der Waals surface area contributed by atoms with Gasteiger partial charge in [-0.1, -0.05) is 19.9 Å². The van der Waals surface area contributed by atoms with Gasteiger partial charge in [-0.05, 0) is 24.6 Å². The number of benzene rings is 1. The largest absolute Gasteiger partial charge is 0.391 e. The SMILES string of the molecule is CC.Cc1ccc(Nc2cc(=O)n(C)c3c2c(=O)c(CO)cn3C)c(F)c1. The Morgan fingerprint density at radius 1 is 1.11 bits per heavy atom. The Bertz CT molecular complexity index is 1100. The van der Waals surface area contributed by atoms with Crippen LogP contribution < -0.4 is 16.3 Å². The van der Waals surface area contributed by atoms with E-state index in [1.165, 1.54) is 22.9 Å². The molecule has 0 bridgehead atoms. The highest BCUT2D eigenvalue weighted by atomic mass is 19.1. The molecule has 0 spiro atoms. The van der Waals surface area contributed by atoms with Gasteiger partial charge in [0.2, 0.25) is 0 Å². The van der Waals surface area contributed by atoms with Gasteiger partial charge in [0.15, 0.2) is 5.43 Å². The molecule has 0 aliphatic heterocycles. The maximum Gasteiger partial charge on any atom is 0.253 e. The van der Waals surface area contributed by atoms with Gasteiger partial charge < -0.3 is 15.0 Å². The standard InChI is InChI=1S/C18H18FN3O3.C2H6/c1-10-4-5-13(12(19)6-10)20-14-7-15(24)22(3)18-16(14)17(25)11(9-23)8-21(18)2;1-2/h4-8,20,23H,9H2,1-3H3;1-2H3. The Morgan fingerprint density at radius 3 is 2.37 bits per heavy atom. The number of aromatic nitrogens is 2. The van der Waals surface area contributed by atoms with Crippen LogP contribution in [0.25, 0.3) is 11.0 Å². The molecule has 0 radical (unpaired) electrons. The van der Waals surface area contributed by atoms with Crippen LogP contribution >= 0.6 is 0 Å². The highest BCUT2D eigenvalue weighted by Gasteiger charge is 2.16. The van der Waals surface area contributed by atoms with Gasteiger partial charge in [-0.2, -0.15) is 0 Å². The predicted molar refractivity (Wildman–Crippen MR) is 106 cm³/mol. The monoisotopic (exact) mass is 373 g/mol. The smallest absolute Gasteiger partial charge is 0.253 e. The van der Waals surface area contributed by atoms with Crippen molar-refractivity contribution in [1.29, 1.82) is 0 Å². The van der Waals surface area contributed by atoms with Gasteiger partial charge in [0.1, 0.15) is 11.5 Å². The summed E-state index contributed by atoms with van der Waals surface area (Å²) in [7, 11) is 3.23. The number of anilines is 2. The molecule has 2 aromatic heterocycles. The number of hydrogen-bond donors (Lipinski definition) is 2. The summed E-state index contributed by atoms with van der Waals surface area (Å²) in [5.41, 5.74) is 0.963. The lowest BCUT2D eigenvalue weighted by Crippen LogP contribution is -2.24. The molecule has 0 saturated heterocycles. The molecule has 0 aliphatic carbocycles. The molecule has 1 aromatic carbocycles. The van der Waals surface area contributed by atoms with Crippen LogP contribution in [0.15, 0.2) is 40.1 Å². The fourth-order valence-electron chi connectivity index (χ4n) is 2.91. The summed E-state index contributed by atoms with van der Waals surface area (Å²) in [5, 5.41) is 12.5. The maximum atomic E-state index is 14.2. The van der Waals surface area contributed by atoms with E-state index < -0.39 is 17.9 Å². The van der Waals surface area contributed by atoms with E-state index in [0.717, 1.165) is 5.56 Å². The van der Waals surface area contributed by atoms with Crippen molar-refractivity contribution in [2.75, 3.05) is 5.32 Å². The molecule has 2 heterocycles. The molecular formula is C20H24FN3O3. The van der Waals surface area contributed by atoms with Crippen LogP contribution in [0.1, 0.15) is 25.0 Å². The molecule has 0 atom stereocenters. The molecule has 0 unspecified atom stereocenters. The van der Waals surface area contributed by atoms with E-state index in [-0.39, 0.29) is 27.9 Å². The van der Waals surface area contributed by atoms with Crippen LogP contribution in [0.3, 0.4) is 0 Å². The van der Waals surface area contributed by atoms with Gasteiger partial charge in [-0.3, -0.25) is 14.2 Å². The number of aliphatic hydroxyl groups excluding tert-OH is 1. The molecular weight excluding hydrogens is 349 g/mol. The number of fused-ring (bicyclic) bond motifs is 1. The zero-order chi connectivity index (χ0) is 20.3. The van der Waals surface area contributed by atoms with Crippen molar-refractivity contribution in [2.24, 2.45) is 14.1 Å². The summed E-state index contributed by atoms with van der Waals surface area (Å²) in [4.78, 5) is 25.0. The molecule has 2 N–H and O–H groups in total. The Balaban J connectivity index is 0.00000126. The number of aryl methyl sites for hydroxylation is 3. The first-order chi connectivity index (χ1) is 12.8. The first-order valence-corrected chi connectivity index (χ1v) is 8.69. The van der Waals surface area contributed by atoms with E-state index >= 15 is 0 Å². The minimum absolute atomic E-state index is 0.164. The lowest BCUT2D eigenvalue weighted by molar-refractivity contribution is 0.280. The minimum Gasteiger partial charge on any atom is -0.391 e. The Labute approximate surface area is 156 Å². The van der Waals surface area contributed by atoms with Crippen LogP contribution in [-0.4, -0.2) is 14.2 Å². The second-order valence-corrected chi connectivity index (χ2v) is 6.01. The van der Waals surface area contributed by atoms with Crippen molar-refractivity contribution in [3.8, 4) is 0 Å². The Hall–Kier alpha value is -2.93. The fraction of sp³-hybridized carbons (Fsp3) is 0.300. The zero-order valence-corrected chi connectivity index (χ0v) is 16.1. The summed E-state index contributed by atoms with van der Waals surface area (Å²) in [6.07, 6.45) is 1.49. The van der Waals surface area contributed by atoms with Crippen molar-refractivity contribution in [1.82, 2.24) is 9.13 Å². The van der Waals surface area contributed by atoms with Crippen LogP contribution in [0.4, 0.5) is 15.8 Å². The van der Waals surface area contributed by atoms with Crippen LogP contribution in [0.5, 0.6) is 0 Å². The van der Waals surface area contributed by atoms with Gasteiger partial charge in [-0.25, -0.2) is 4.39 Å². The van der Waals surface area contributed by atoms with Crippen molar-refractivity contribution >= 4 is 22.4 Å².